The van der Waals surface area contributed by atoms with Gasteiger partial charge in [0.15, 0.2) is 0 Å². The third-order valence-electron chi connectivity index (χ3n) is 6.96. The zero-order valence-electron chi connectivity index (χ0n) is 21.1. The van der Waals surface area contributed by atoms with Gasteiger partial charge in [0.25, 0.3) is 0 Å². The van der Waals surface area contributed by atoms with E-state index in [9.17, 15) is 29.4 Å². The fourth-order valence-corrected chi connectivity index (χ4v) is 6.84. The monoisotopic (exact) mass is 687 g/mol. The largest absolute Gasteiger partial charge is 0.862 e. The summed E-state index contributed by atoms with van der Waals surface area (Å²) < 4.78 is 7.53. The maximum absolute atomic E-state index is 13.8. The molecule has 1 unspecified atom stereocenters. The number of carbonyl (C=O) groups is 4. The minimum absolute atomic E-state index is 0.113. The predicted octanol–water partition coefficient (Wildman–Crippen LogP) is 4.71. The Morgan fingerprint density at radius 3 is 2.40 bits per heavy atom. The number of Topliss-reactive ketones (excluding diaryl/α,β-unsaturated/α-hetero) is 2. The molecule has 3 aromatic rings. The van der Waals surface area contributed by atoms with E-state index in [4.69, 9.17) is 4.74 Å². The highest BCUT2D eigenvalue weighted by Crippen LogP contribution is 2.55. The van der Waals surface area contributed by atoms with Crippen LogP contribution in [0.4, 0.5) is 5.69 Å². The first-order valence-electron chi connectivity index (χ1n) is 12.1. The van der Waals surface area contributed by atoms with Gasteiger partial charge >= 0.3 is 5.97 Å². The quantitative estimate of drug-likeness (QED) is 0.217. The zero-order valence-corrected chi connectivity index (χ0v) is 25.1. The number of carboxylic acids is 1. The molecule has 40 heavy (non-hydrogen) atoms. The molecule has 0 radical (unpaired) electrons. The lowest BCUT2D eigenvalue weighted by Gasteiger charge is -2.25. The molecule has 2 aromatic carbocycles. The summed E-state index contributed by atoms with van der Waals surface area (Å²) in [5.41, 5.74) is -0.740. The average molecular weight is 689 g/mol. The Morgan fingerprint density at radius 2 is 1.80 bits per heavy atom. The number of thiophene rings is 1. The van der Waals surface area contributed by atoms with Crippen molar-refractivity contribution < 1.29 is 34.1 Å². The van der Waals surface area contributed by atoms with Gasteiger partial charge in [-0.05, 0) is 93.1 Å². The number of carboxylic acid groups (broad SMARTS) is 1. The van der Waals surface area contributed by atoms with E-state index in [1.165, 1.54) is 6.92 Å². The van der Waals surface area contributed by atoms with Crippen LogP contribution in [-0.4, -0.2) is 40.0 Å². The van der Waals surface area contributed by atoms with E-state index in [0.717, 1.165) is 21.8 Å². The fourth-order valence-electron chi connectivity index (χ4n) is 5.19. The van der Waals surface area contributed by atoms with E-state index >= 15 is 0 Å². The smallest absolute Gasteiger partial charge is 0.311 e. The van der Waals surface area contributed by atoms with Crippen LogP contribution in [0.5, 0.6) is 0 Å². The van der Waals surface area contributed by atoms with Crippen molar-refractivity contribution in [2.75, 3.05) is 5.32 Å². The lowest BCUT2D eigenvalue weighted by Crippen LogP contribution is -2.52. The van der Waals surface area contributed by atoms with Crippen LogP contribution in [0, 0.1) is 18.8 Å². The van der Waals surface area contributed by atoms with Gasteiger partial charge in [-0.2, -0.15) is 0 Å². The van der Waals surface area contributed by atoms with Gasteiger partial charge in [0, 0.05) is 25.1 Å². The Labute approximate surface area is 249 Å². The molecule has 1 aliphatic carbocycles. The Balaban J connectivity index is 1.56. The second-order valence-corrected chi connectivity index (χ2v) is 12.5. The second-order valence-electron chi connectivity index (χ2n) is 9.57. The number of amides is 1. The van der Waals surface area contributed by atoms with Crippen molar-refractivity contribution in [1.29, 1.82) is 0 Å². The standard InChI is InChI=1S/C28H22Br2N2O7S/c1-12-9-17-23(40-12)25(35)28(24(17)34)21(27(37)38)20(22(39-28)15-5-8-18(29)19(30)10-15)26(36)32-16-6-3-14(4-7-16)11-31-13(2)33/h3-10,20-22H,11H2,1-2H3,(H,31,33)(H,32,36)(H,37,38)/p-1/t20-,21-,22-,28?/m0/s1. The Hall–Kier alpha value is -3.19. The van der Waals surface area contributed by atoms with Crippen LogP contribution in [-0.2, 0) is 20.9 Å². The minimum atomic E-state index is -2.37. The third kappa shape index (κ3) is 4.72. The Morgan fingerprint density at radius 1 is 1.10 bits per heavy atom. The number of ketones is 2. The molecule has 5 rings (SSSR count). The molecule has 1 aliphatic heterocycles. The van der Waals surface area contributed by atoms with Crippen LogP contribution in [0.3, 0.4) is 0 Å². The van der Waals surface area contributed by atoms with Crippen LogP contribution in [0.15, 0.2) is 62.5 Å². The molecule has 2 heterocycles. The first-order chi connectivity index (χ1) is 18.9. The van der Waals surface area contributed by atoms with E-state index in [1.807, 2.05) is 0 Å². The van der Waals surface area contributed by atoms with Crippen molar-refractivity contribution >= 4 is 78.2 Å². The van der Waals surface area contributed by atoms with Crippen molar-refractivity contribution in [2.45, 2.75) is 32.1 Å². The molecule has 1 spiro atoms. The molecule has 0 bridgehead atoms. The van der Waals surface area contributed by atoms with E-state index in [1.54, 1.807) is 55.5 Å². The summed E-state index contributed by atoms with van der Waals surface area (Å²) in [5.74, 6) is -7.23. The lowest BCUT2D eigenvalue weighted by molar-refractivity contribution is -0.216. The maximum Gasteiger partial charge on any atom is 0.311 e. The van der Waals surface area contributed by atoms with Crippen LogP contribution >= 0.6 is 43.2 Å². The molecule has 2 N–H and O–H groups in total. The van der Waals surface area contributed by atoms with E-state index < -0.39 is 47.0 Å². The number of aliphatic carboxylic acids is 1. The molecule has 9 nitrogen and oxygen atoms in total. The summed E-state index contributed by atoms with van der Waals surface area (Å²) >= 11 is 7.91. The average Bonchev–Trinajstić information content (AvgIpc) is 3.53. The number of hydrogen-bond donors (Lipinski definition) is 2. The zero-order chi connectivity index (χ0) is 28.9. The number of hydrogen-bond acceptors (Lipinski definition) is 8. The van der Waals surface area contributed by atoms with Gasteiger partial charge in [-0.25, -0.2) is 0 Å². The minimum Gasteiger partial charge on any atom is -0.862 e. The van der Waals surface area contributed by atoms with Crippen molar-refractivity contribution in [2.24, 2.45) is 16.8 Å². The summed E-state index contributed by atoms with van der Waals surface area (Å²) in [7, 11) is 0. The van der Waals surface area contributed by atoms with Gasteiger partial charge < -0.3 is 25.3 Å². The molecule has 1 fully saturated rings. The number of halogens is 2. The fraction of sp³-hybridized carbons (Fsp3) is 0.250. The number of anilines is 1. The topological polar surface area (TPSA) is 145 Å². The van der Waals surface area contributed by atoms with Crippen LogP contribution < -0.4 is 10.4 Å². The van der Waals surface area contributed by atoms with Gasteiger partial charge in [0.1, 0.15) is 5.92 Å². The van der Waals surface area contributed by atoms with E-state index in [-0.39, 0.29) is 22.9 Å². The van der Waals surface area contributed by atoms with Crippen molar-refractivity contribution in [3.05, 3.63) is 83.9 Å². The molecule has 206 valence electrons. The van der Waals surface area contributed by atoms with E-state index in [0.29, 0.717) is 20.2 Å². The van der Waals surface area contributed by atoms with Crippen LogP contribution in [0.1, 0.15) is 49.1 Å². The SMILES string of the molecule is CC([O-])=NCc1ccc(NC(=O)[C@H]2[C@@H](C(=O)O)C3(O[C@H]2c2ccc(Br)c(Br)c2)C(=O)c2cc(C)sc2C3=O)cc1. The number of ether oxygens (including phenoxy) is 1. The van der Waals surface area contributed by atoms with Crippen molar-refractivity contribution in [3.63, 3.8) is 0 Å². The van der Waals surface area contributed by atoms with Gasteiger partial charge in [0.2, 0.25) is 23.1 Å². The molecule has 2 aliphatic rings. The second kappa shape index (κ2) is 10.7. The molecular weight excluding hydrogens is 668 g/mol. The summed E-state index contributed by atoms with van der Waals surface area (Å²) in [6, 6.07) is 13.1. The van der Waals surface area contributed by atoms with Gasteiger partial charge in [0.05, 0.1) is 23.4 Å². The molecular formula is C28H21Br2N2O7S-. The number of benzene rings is 2. The molecule has 1 amide bonds. The predicted molar refractivity (Wildman–Crippen MR) is 153 cm³/mol. The summed E-state index contributed by atoms with van der Waals surface area (Å²) in [6.45, 7) is 3.28. The van der Waals surface area contributed by atoms with Gasteiger partial charge in [-0.15, -0.1) is 11.3 Å². The van der Waals surface area contributed by atoms with Crippen molar-refractivity contribution in [1.82, 2.24) is 0 Å². The Bertz CT molecular complexity index is 1560. The normalized spacial score (nSPS) is 24.0. The maximum atomic E-state index is 13.8. The number of nitrogens with zero attached hydrogens (tertiary/aromatic N) is 1. The molecule has 4 atom stereocenters. The molecule has 1 saturated heterocycles. The summed E-state index contributed by atoms with van der Waals surface area (Å²) in [6.07, 6.45) is -1.22. The molecule has 0 saturated carbocycles. The van der Waals surface area contributed by atoms with Crippen LogP contribution in [0.25, 0.3) is 0 Å². The number of carbonyl (C=O) groups excluding carboxylic acids is 3. The third-order valence-corrected chi connectivity index (χ3v) is 9.89. The first kappa shape index (κ1) is 28.3. The van der Waals surface area contributed by atoms with Crippen LogP contribution in [0.2, 0.25) is 0 Å². The van der Waals surface area contributed by atoms with E-state index in [2.05, 4.69) is 42.2 Å². The summed E-state index contributed by atoms with van der Waals surface area (Å²) in [5, 5.41) is 24.3. The number of aliphatic imine (C=N–C) groups is 1. The summed E-state index contributed by atoms with van der Waals surface area (Å²) in [4.78, 5) is 58.8. The van der Waals surface area contributed by atoms with Crippen molar-refractivity contribution in [3.8, 4) is 0 Å². The van der Waals surface area contributed by atoms with Gasteiger partial charge in [-0.3, -0.25) is 19.2 Å². The highest BCUT2D eigenvalue weighted by molar-refractivity contribution is 9.13. The molecule has 12 heteroatoms. The highest BCUT2D eigenvalue weighted by atomic mass is 79.9. The lowest BCUT2D eigenvalue weighted by atomic mass is 9.75. The number of aryl methyl sites for hydroxylation is 1. The number of rotatable bonds is 6. The first-order valence-corrected chi connectivity index (χ1v) is 14.5. The highest BCUT2D eigenvalue weighted by Gasteiger charge is 2.71. The number of fused-ring (bicyclic) bond motifs is 1. The Kier molecular flexibility index (Phi) is 7.55. The number of nitrogens with one attached hydrogen (secondary N) is 1. The molecule has 1 aromatic heterocycles. The van der Waals surface area contributed by atoms with Gasteiger partial charge in [-0.1, -0.05) is 18.2 Å².